The lowest BCUT2D eigenvalue weighted by Crippen LogP contribution is -2.47. The van der Waals surface area contributed by atoms with Crippen molar-refractivity contribution in [2.75, 3.05) is 0 Å². The van der Waals surface area contributed by atoms with Gasteiger partial charge in [-0.2, -0.15) is 8.42 Å². The van der Waals surface area contributed by atoms with Gasteiger partial charge in [-0.05, 0) is 49.6 Å². The Labute approximate surface area is 195 Å². The third-order valence-corrected chi connectivity index (χ3v) is 6.92. The lowest BCUT2D eigenvalue weighted by atomic mass is 9.93. The van der Waals surface area contributed by atoms with Crippen LogP contribution in [0.25, 0.3) is 6.08 Å². The van der Waals surface area contributed by atoms with E-state index in [4.69, 9.17) is 13.7 Å². The second-order valence-corrected chi connectivity index (χ2v) is 9.67. The Morgan fingerprint density at radius 2 is 1.62 bits per heavy atom. The standard InChI is InChI=1S/C23H21NO9S/c1-15-5-10-18(14-20(15)24(27)28)34(29,30)33-17-8-6-16(7-9-17)13-19-21(25)31-23(32-22(19)26)11-3-2-4-12-23/h5-10,13-14H,2-4,11-12H2,1H3. The zero-order chi connectivity index (χ0) is 24.5. The van der Waals surface area contributed by atoms with Crippen LogP contribution in [0.4, 0.5) is 5.69 Å². The summed E-state index contributed by atoms with van der Waals surface area (Å²) in [4.78, 5) is 35.0. The molecule has 2 aromatic rings. The highest BCUT2D eigenvalue weighted by Gasteiger charge is 2.46. The van der Waals surface area contributed by atoms with Crippen molar-refractivity contribution in [3.8, 4) is 5.75 Å². The fourth-order valence-electron chi connectivity index (χ4n) is 3.87. The fourth-order valence-corrected chi connectivity index (χ4v) is 4.82. The molecule has 1 aliphatic heterocycles. The maximum atomic E-state index is 12.5. The van der Waals surface area contributed by atoms with Crippen molar-refractivity contribution in [3.63, 3.8) is 0 Å². The van der Waals surface area contributed by atoms with Crippen LogP contribution in [0.2, 0.25) is 0 Å². The molecule has 2 fully saturated rings. The first-order valence-electron chi connectivity index (χ1n) is 10.6. The molecule has 0 amide bonds. The molecule has 10 nitrogen and oxygen atoms in total. The quantitative estimate of drug-likeness (QED) is 0.154. The number of carbonyl (C=O) groups excluding carboxylic acids is 2. The molecule has 0 N–H and O–H groups in total. The van der Waals surface area contributed by atoms with Crippen molar-refractivity contribution in [1.82, 2.24) is 0 Å². The Kier molecular flexibility index (Phi) is 6.13. The normalized spacial score (nSPS) is 17.6. The van der Waals surface area contributed by atoms with Gasteiger partial charge in [-0.25, -0.2) is 9.59 Å². The summed E-state index contributed by atoms with van der Waals surface area (Å²) in [5.41, 5.74) is 0.132. The van der Waals surface area contributed by atoms with Gasteiger partial charge < -0.3 is 13.7 Å². The van der Waals surface area contributed by atoms with E-state index in [0.29, 0.717) is 24.0 Å². The minimum absolute atomic E-state index is 0.0552. The molecule has 0 unspecified atom stereocenters. The van der Waals surface area contributed by atoms with Gasteiger partial charge in [-0.3, -0.25) is 10.1 Å². The smallest absolute Gasteiger partial charge is 0.348 e. The minimum Gasteiger partial charge on any atom is -0.419 e. The Balaban J connectivity index is 1.50. The number of rotatable bonds is 5. The number of ether oxygens (including phenoxy) is 2. The van der Waals surface area contributed by atoms with Gasteiger partial charge in [0.05, 0.1) is 4.92 Å². The topological polar surface area (TPSA) is 139 Å². The fraction of sp³-hybridized carbons (Fsp3) is 0.304. The van der Waals surface area contributed by atoms with E-state index in [1.165, 1.54) is 49.4 Å². The Morgan fingerprint density at radius 3 is 2.21 bits per heavy atom. The lowest BCUT2D eigenvalue weighted by Gasteiger charge is -2.38. The third-order valence-electron chi connectivity index (χ3n) is 5.68. The Bertz CT molecular complexity index is 1270. The number of benzene rings is 2. The molecule has 4 rings (SSSR count). The monoisotopic (exact) mass is 487 g/mol. The van der Waals surface area contributed by atoms with Gasteiger partial charge in [0.15, 0.2) is 0 Å². The number of hydrogen-bond acceptors (Lipinski definition) is 9. The third kappa shape index (κ3) is 4.79. The first kappa shape index (κ1) is 23.4. The van der Waals surface area contributed by atoms with Gasteiger partial charge in [0.2, 0.25) is 0 Å². The molecule has 2 aromatic carbocycles. The Hall–Kier alpha value is -3.73. The lowest BCUT2D eigenvalue weighted by molar-refractivity contribution is -0.385. The summed E-state index contributed by atoms with van der Waals surface area (Å²) < 4.78 is 41.0. The molecule has 1 heterocycles. The molecular weight excluding hydrogens is 466 g/mol. The molecule has 2 aliphatic rings. The van der Waals surface area contributed by atoms with Crippen LogP contribution in [-0.4, -0.2) is 31.1 Å². The zero-order valence-electron chi connectivity index (χ0n) is 18.2. The van der Waals surface area contributed by atoms with Crippen LogP contribution in [0, 0.1) is 17.0 Å². The van der Waals surface area contributed by atoms with Crippen LogP contribution in [0.3, 0.4) is 0 Å². The van der Waals surface area contributed by atoms with E-state index in [9.17, 15) is 28.1 Å². The van der Waals surface area contributed by atoms with E-state index in [1.807, 2.05) is 0 Å². The van der Waals surface area contributed by atoms with Gasteiger partial charge in [0.25, 0.3) is 11.5 Å². The molecule has 1 saturated carbocycles. The van der Waals surface area contributed by atoms with Crippen molar-refractivity contribution < 1.29 is 36.6 Å². The highest BCUT2D eigenvalue weighted by molar-refractivity contribution is 7.87. The second kappa shape index (κ2) is 8.90. The maximum absolute atomic E-state index is 12.5. The molecule has 11 heteroatoms. The summed E-state index contributed by atoms with van der Waals surface area (Å²) in [5.74, 6) is -2.76. The minimum atomic E-state index is -4.33. The number of esters is 2. The van der Waals surface area contributed by atoms with Crippen molar-refractivity contribution in [3.05, 3.63) is 69.3 Å². The number of nitro benzene ring substituents is 1. The van der Waals surface area contributed by atoms with Crippen molar-refractivity contribution in [2.24, 2.45) is 0 Å². The molecule has 1 aliphatic carbocycles. The number of aryl methyl sites for hydroxylation is 1. The molecule has 1 spiro atoms. The van der Waals surface area contributed by atoms with Crippen molar-refractivity contribution in [1.29, 1.82) is 0 Å². The van der Waals surface area contributed by atoms with Crippen LogP contribution in [0.1, 0.15) is 43.2 Å². The summed E-state index contributed by atoms with van der Waals surface area (Å²) in [7, 11) is -4.33. The van der Waals surface area contributed by atoms with E-state index in [-0.39, 0.29) is 21.9 Å². The first-order chi connectivity index (χ1) is 16.1. The SMILES string of the molecule is Cc1ccc(S(=O)(=O)Oc2ccc(C=C3C(=O)OC4(CCCCC4)OC3=O)cc2)cc1[N+](=O)[O-]. The number of nitrogens with zero attached hydrogens (tertiary/aromatic N) is 1. The molecule has 0 aromatic heterocycles. The van der Waals surface area contributed by atoms with Gasteiger partial charge in [-0.1, -0.05) is 24.6 Å². The summed E-state index contributed by atoms with van der Waals surface area (Å²) in [6, 6.07) is 9.02. The van der Waals surface area contributed by atoms with E-state index in [2.05, 4.69) is 0 Å². The highest BCUT2D eigenvalue weighted by Crippen LogP contribution is 2.37. The average Bonchev–Trinajstić information content (AvgIpc) is 2.77. The molecule has 1 saturated heterocycles. The van der Waals surface area contributed by atoms with Crippen LogP contribution >= 0.6 is 0 Å². The van der Waals surface area contributed by atoms with E-state index >= 15 is 0 Å². The van der Waals surface area contributed by atoms with Crippen LogP contribution < -0.4 is 4.18 Å². The van der Waals surface area contributed by atoms with E-state index < -0.39 is 32.8 Å². The van der Waals surface area contributed by atoms with Gasteiger partial charge in [-0.15, -0.1) is 0 Å². The van der Waals surface area contributed by atoms with Crippen molar-refractivity contribution >= 4 is 33.8 Å². The van der Waals surface area contributed by atoms with E-state index in [1.54, 1.807) is 0 Å². The van der Waals surface area contributed by atoms with Crippen LogP contribution in [0.15, 0.2) is 52.9 Å². The molecule has 178 valence electrons. The summed E-state index contributed by atoms with van der Waals surface area (Å²) >= 11 is 0. The predicted molar refractivity (Wildman–Crippen MR) is 118 cm³/mol. The van der Waals surface area contributed by atoms with Crippen LogP contribution in [0.5, 0.6) is 5.75 Å². The zero-order valence-corrected chi connectivity index (χ0v) is 19.0. The summed E-state index contributed by atoms with van der Waals surface area (Å²) in [6.45, 7) is 1.50. The van der Waals surface area contributed by atoms with E-state index in [0.717, 1.165) is 25.3 Å². The molecule has 0 radical (unpaired) electrons. The van der Waals surface area contributed by atoms with Crippen molar-refractivity contribution in [2.45, 2.75) is 49.7 Å². The Morgan fingerprint density at radius 1 is 1.00 bits per heavy atom. The van der Waals surface area contributed by atoms with Gasteiger partial charge >= 0.3 is 22.1 Å². The number of carbonyl (C=O) groups is 2. The van der Waals surface area contributed by atoms with Crippen LogP contribution in [-0.2, 0) is 29.2 Å². The average molecular weight is 487 g/mol. The second-order valence-electron chi connectivity index (χ2n) is 8.12. The molecule has 0 atom stereocenters. The first-order valence-corrected chi connectivity index (χ1v) is 12.0. The number of nitro groups is 1. The van der Waals surface area contributed by atoms with Gasteiger partial charge in [0, 0.05) is 24.5 Å². The summed E-state index contributed by atoms with van der Waals surface area (Å²) in [6.07, 6.45) is 4.84. The molecule has 34 heavy (non-hydrogen) atoms. The predicted octanol–water partition coefficient (Wildman–Crippen LogP) is 3.81. The largest absolute Gasteiger partial charge is 0.419 e. The molecule has 0 bridgehead atoms. The molecular formula is C23H21NO9S. The highest BCUT2D eigenvalue weighted by atomic mass is 32.2. The number of hydrogen-bond donors (Lipinski definition) is 0. The van der Waals surface area contributed by atoms with Gasteiger partial charge in [0.1, 0.15) is 16.2 Å². The summed E-state index contributed by atoms with van der Waals surface area (Å²) in [5, 5.41) is 11.1. The maximum Gasteiger partial charge on any atom is 0.348 e.